The monoisotopic (exact) mass is 333 g/mol. The van der Waals surface area contributed by atoms with E-state index in [4.69, 9.17) is 10.9 Å². The Morgan fingerprint density at radius 1 is 1.04 bits per heavy atom. The maximum absolute atomic E-state index is 13.4. The zero-order valence-corrected chi connectivity index (χ0v) is 12.5. The molecule has 0 atom stereocenters. The maximum atomic E-state index is 13.4. The van der Waals surface area contributed by atoms with Crippen LogP contribution in [0.15, 0.2) is 58.2 Å². The Morgan fingerprint density at radius 2 is 1.74 bits per heavy atom. The summed E-state index contributed by atoms with van der Waals surface area (Å²) < 4.78 is 37.9. The van der Waals surface area contributed by atoms with Gasteiger partial charge in [0.15, 0.2) is 0 Å². The molecule has 0 saturated carbocycles. The second kappa shape index (κ2) is 5.18. The van der Waals surface area contributed by atoms with Gasteiger partial charge in [0.05, 0.1) is 16.9 Å². The molecule has 0 saturated heterocycles. The fraction of sp³-hybridized carbons (Fsp3) is 0. The summed E-state index contributed by atoms with van der Waals surface area (Å²) in [5.41, 5.74) is 5.27. The van der Waals surface area contributed by atoms with Crippen molar-refractivity contribution in [2.75, 3.05) is 5.73 Å². The lowest BCUT2D eigenvalue weighted by Crippen LogP contribution is -2.28. The molecule has 1 heterocycles. The lowest BCUT2D eigenvalue weighted by molar-refractivity contribution is 0.596. The summed E-state index contributed by atoms with van der Waals surface area (Å²) in [5, 5.41) is 5.62. The topological polar surface area (TPSA) is 108 Å². The first-order chi connectivity index (χ1) is 10.8. The van der Waals surface area contributed by atoms with Crippen LogP contribution in [0.25, 0.3) is 16.6 Å². The SMILES string of the molecule is Nc1cc(-n2c(=O)c(S(N)(=O)=O)cc3ccccc32)ccc1F. The van der Waals surface area contributed by atoms with Crippen molar-refractivity contribution >= 4 is 26.6 Å². The number of sulfonamides is 1. The smallest absolute Gasteiger partial charge is 0.275 e. The fourth-order valence-electron chi connectivity index (χ4n) is 2.37. The summed E-state index contributed by atoms with van der Waals surface area (Å²) in [5.74, 6) is -0.631. The maximum Gasteiger partial charge on any atom is 0.275 e. The van der Waals surface area contributed by atoms with E-state index in [-0.39, 0.29) is 11.4 Å². The molecule has 0 spiro atoms. The summed E-state index contributed by atoms with van der Waals surface area (Å²) in [4.78, 5) is 12.1. The number of anilines is 1. The van der Waals surface area contributed by atoms with Gasteiger partial charge >= 0.3 is 0 Å². The largest absolute Gasteiger partial charge is 0.396 e. The van der Waals surface area contributed by atoms with Crippen molar-refractivity contribution in [2.45, 2.75) is 4.90 Å². The zero-order chi connectivity index (χ0) is 16.8. The standard InChI is InChI=1S/C15H12FN3O3S/c16-11-6-5-10(8-12(11)17)19-13-4-2-1-3-9(13)7-14(15(19)20)23(18,21)22/h1-8H,17H2,(H2,18,21,22). The predicted octanol–water partition coefficient (Wildman–Crippen LogP) is 1.36. The summed E-state index contributed by atoms with van der Waals surface area (Å²) in [6.07, 6.45) is 0. The van der Waals surface area contributed by atoms with E-state index in [1.807, 2.05) is 0 Å². The van der Waals surface area contributed by atoms with Crippen molar-refractivity contribution in [3.63, 3.8) is 0 Å². The van der Waals surface area contributed by atoms with Crippen LogP contribution in [0.2, 0.25) is 0 Å². The number of primary sulfonamides is 1. The lowest BCUT2D eigenvalue weighted by Gasteiger charge is -2.13. The Bertz CT molecular complexity index is 1090. The third-order valence-electron chi connectivity index (χ3n) is 3.42. The predicted molar refractivity (Wildman–Crippen MR) is 85.3 cm³/mol. The number of benzene rings is 2. The summed E-state index contributed by atoms with van der Waals surface area (Å²) >= 11 is 0. The van der Waals surface area contributed by atoms with Gasteiger partial charge < -0.3 is 5.73 Å². The Labute approximate surface area is 130 Å². The van der Waals surface area contributed by atoms with Crippen LogP contribution in [0.4, 0.5) is 10.1 Å². The average molecular weight is 333 g/mol. The van der Waals surface area contributed by atoms with Gasteiger partial charge in [-0.1, -0.05) is 18.2 Å². The first kappa shape index (κ1) is 15.2. The van der Waals surface area contributed by atoms with E-state index in [1.54, 1.807) is 24.3 Å². The fourth-order valence-corrected chi connectivity index (χ4v) is 2.99. The van der Waals surface area contributed by atoms with Crippen molar-refractivity contribution in [1.82, 2.24) is 4.57 Å². The second-order valence-electron chi connectivity index (χ2n) is 4.96. The number of nitrogen functional groups attached to an aromatic ring is 1. The minimum atomic E-state index is -4.21. The van der Waals surface area contributed by atoms with E-state index in [9.17, 15) is 17.6 Å². The molecule has 0 bridgehead atoms. The number of hydrogen-bond donors (Lipinski definition) is 2. The van der Waals surface area contributed by atoms with E-state index < -0.39 is 26.3 Å². The van der Waals surface area contributed by atoms with Crippen LogP contribution in [0.3, 0.4) is 0 Å². The molecule has 23 heavy (non-hydrogen) atoms. The quantitative estimate of drug-likeness (QED) is 0.690. The summed E-state index contributed by atoms with van der Waals surface area (Å²) in [6.45, 7) is 0. The molecule has 6 nitrogen and oxygen atoms in total. The van der Waals surface area contributed by atoms with Crippen LogP contribution < -0.4 is 16.4 Å². The highest BCUT2D eigenvalue weighted by Gasteiger charge is 2.19. The lowest BCUT2D eigenvalue weighted by atomic mass is 10.2. The van der Waals surface area contributed by atoms with Crippen LogP contribution >= 0.6 is 0 Å². The molecular formula is C15H12FN3O3S. The third-order valence-corrected chi connectivity index (χ3v) is 4.33. The average Bonchev–Trinajstić information content (AvgIpc) is 2.48. The van der Waals surface area contributed by atoms with Crippen molar-refractivity contribution in [3.05, 3.63) is 64.7 Å². The molecule has 0 unspecified atom stereocenters. The molecular weight excluding hydrogens is 321 g/mol. The molecule has 3 aromatic rings. The van der Waals surface area contributed by atoms with E-state index in [2.05, 4.69) is 0 Å². The van der Waals surface area contributed by atoms with Gasteiger partial charge in [0.25, 0.3) is 5.56 Å². The summed E-state index contributed by atoms with van der Waals surface area (Å²) in [7, 11) is -4.21. The third kappa shape index (κ3) is 2.58. The normalized spacial score (nSPS) is 11.7. The van der Waals surface area contributed by atoms with Crippen LogP contribution in [-0.2, 0) is 10.0 Å². The number of rotatable bonds is 2. The number of pyridine rings is 1. The molecule has 0 aliphatic carbocycles. The molecule has 4 N–H and O–H groups in total. The molecule has 0 fully saturated rings. The number of fused-ring (bicyclic) bond motifs is 1. The van der Waals surface area contributed by atoms with Gasteiger partial charge in [0, 0.05) is 5.39 Å². The van der Waals surface area contributed by atoms with Crippen LogP contribution in [0.5, 0.6) is 0 Å². The molecule has 8 heteroatoms. The zero-order valence-electron chi connectivity index (χ0n) is 11.7. The van der Waals surface area contributed by atoms with Crippen LogP contribution in [-0.4, -0.2) is 13.0 Å². The highest BCUT2D eigenvalue weighted by molar-refractivity contribution is 7.89. The molecule has 2 aromatic carbocycles. The highest BCUT2D eigenvalue weighted by Crippen LogP contribution is 2.21. The molecule has 1 aromatic heterocycles. The molecule has 0 aliphatic heterocycles. The molecule has 0 radical (unpaired) electrons. The first-order valence-corrected chi connectivity index (χ1v) is 8.06. The van der Waals surface area contributed by atoms with Gasteiger partial charge in [0.1, 0.15) is 10.7 Å². The van der Waals surface area contributed by atoms with E-state index >= 15 is 0 Å². The van der Waals surface area contributed by atoms with Crippen molar-refractivity contribution in [1.29, 1.82) is 0 Å². The Kier molecular flexibility index (Phi) is 3.42. The summed E-state index contributed by atoms with van der Waals surface area (Å²) in [6, 6.07) is 11.6. The number of nitrogens with zero attached hydrogens (tertiary/aromatic N) is 1. The number of nitrogens with two attached hydrogens (primary N) is 2. The number of para-hydroxylation sites is 1. The highest BCUT2D eigenvalue weighted by atomic mass is 32.2. The minimum absolute atomic E-state index is 0.153. The molecule has 3 rings (SSSR count). The van der Waals surface area contributed by atoms with Crippen molar-refractivity contribution in [3.8, 4) is 5.69 Å². The minimum Gasteiger partial charge on any atom is -0.396 e. The Morgan fingerprint density at radius 3 is 2.39 bits per heavy atom. The van der Waals surface area contributed by atoms with Crippen molar-refractivity contribution < 1.29 is 12.8 Å². The molecule has 0 amide bonds. The Hall–Kier alpha value is -2.71. The second-order valence-corrected chi connectivity index (χ2v) is 6.49. The van der Waals surface area contributed by atoms with E-state index in [1.165, 1.54) is 18.2 Å². The van der Waals surface area contributed by atoms with Gasteiger partial charge in [-0.25, -0.2) is 17.9 Å². The number of aromatic nitrogens is 1. The van der Waals surface area contributed by atoms with Crippen molar-refractivity contribution in [2.24, 2.45) is 5.14 Å². The first-order valence-electron chi connectivity index (χ1n) is 6.52. The van der Waals surface area contributed by atoms with E-state index in [0.29, 0.717) is 10.9 Å². The van der Waals surface area contributed by atoms with Gasteiger partial charge in [-0.05, 0) is 30.3 Å². The number of halogens is 1. The van der Waals surface area contributed by atoms with Gasteiger partial charge in [-0.15, -0.1) is 0 Å². The molecule has 118 valence electrons. The van der Waals surface area contributed by atoms with Crippen LogP contribution in [0, 0.1) is 5.82 Å². The molecule has 0 aliphatic rings. The van der Waals surface area contributed by atoms with E-state index in [0.717, 1.165) is 10.6 Å². The van der Waals surface area contributed by atoms with Gasteiger partial charge in [-0.3, -0.25) is 9.36 Å². The Balaban J connectivity index is 2.50. The number of hydrogen-bond acceptors (Lipinski definition) is 4. The van der Waals surface area contributed by atoms with Crippen LogP contribution in [0.1, 0.15) is 0 Å². The van der Waals surface area contributed by atoms with Gasteiger partial charge in [-0.2, -0.15) is 0 Å². The van der Waals surface area contributed by atoms with Gasteiger partial charge in [0.2, 0.25) is 10.0 Å².